The summed E-state index contributed by atoms with van der Waals surface area (Å²) in [6, 6.07) is 27.3. The summed E-state index contributed by atoms with van der Waals surface area (Å²) in [7, 11) is 0. The Morgan fingerprint density at radius 1 is 0.423 bits per heavy atom. The molecule has 2 heterocycles. The highest BCUT2D eigenvalue weighted by molar-refractivity contribution is 6.11. The van der Waals surface area contributed by atoms with Gasteiger partial charge < -0.3 is 9.13 Å². The second-order valence-electron chi connectivity index (χ2n) is 13.2. The molecule has 0 spiro atoms. The number of halogens is 8. The number of rotatable bonds is 5. The van der Waals surface area contributed by atoms with Gasteiger partial charge in [0, 0.05) is 21.5 Å². The van der Waals surface area contributed by atoms with Crippen LogP contribution in [0.4, 0.5) is 35.1 Å². The van der Waals surface area contributed by atoms with Crippen LogP contribution in [0.15, 0.2) is 109 Å². The largest absolute Gasteiger partial charge is 0.418 e. The fraction of sp³-hybridized carbons (Fsp3) is 0.143. The predicted octanol–water partition coefficient (Wildman–Crippen LogP) is 12.6. The second kappa shape index (κ2) is 12.0. The SMILES string of the molecule is Cc1ccc2c(c1)c1cc(CCc3ccc4c(c3)c3cc(C)ccc3n4-c3ccc(F)cc3C(F)(F)F)ccc1n2-c1cc(F)ccc1C(F)(F)F. The van der Waals surface area contributed by atoms with Crippen LogP contribution in [0.2, 0.25) is 0 Å². The maximum Gasteiger partial charge on any atom is 0.418 e. The maximum absolute atomic E-state index is 14.4. The van der Waals surface area contributed by atoms with E-state index in [1.54, 1.807) is 30.3 Å². The fourth-order valence-electron chi connectivity index (χ4n) is 7.35. The standard InChI is InChI=1S/C42H28F8N2/c1-23-3-12-35-29(17-23)31-19-25(7-14-37(31)51(35)39-16-10-27(43)21-34(39)42(48,49)50)5-6-26-8-15-38-32(20-26)30-18-24(2)4-13-36(30)52(38)40-22-28(44)9-11-33(40)41(45,46)47/h3-4,7-22H,5-6H2,1-2H3. The molecule has 0 aliphatic rings. The molecule has 262 valence electrons. The van der Waals surface area contributed by atoms with E-state index in [4.69, 9.17) is 0 Å². The van der Waals surface area contributed by atoms with Crippen LogP contribution in [0.3, 0.4) is 0 Å². The zero-order valence-corrected chi connectivity index (χ0v) is 27.7. The molecular formula is C42H28F8N2. The molecule has 0 saturated heterocycles. The molecule has 0 unspecified atom stereocenters. The Balaban J connectivity index is 1.21. The molecule has 52 heavy (non-hydrogen) atoms. The van der Waals surface area contributed by atoms with Crippen LogP contribution < -0.4 is 0 Å². The minimum absolute atomic E-state index is 0.172. The highest BCUT2D eigenvalue weighted by Gasteiger charge is 2.36. The molecule has 0 aliphatic carbocycles. The molecule has 10 heteroatoms. The first-order valence-electron chi connectivity index (χ1n) is 16.5. The van der Waals surface area contributed by atoms with E-state index in [0.717, 1.165) is 74.1 Å². The van der Waals surface area contributed by atoms with Crippen molar-refractivity contribution < 1.29 is 35.1 Å². The molecule has 6 aromatic carbocycles. The van der Waals surface area contributed by atoms with E-state index in [0.29, 0.717) is 41.0 Å². The molecule has 0 atom stereocenters. The van der Waals surface area contributed by atoms with Crippen LogP contribution in [0.5, 0.6) is 0 Å². The van der Waals surface area contributed by atoms with E-state index in [1.165, 1.54) is 9.13 Å². The third-order valence-electron chi connectivity index (χ3n) is 9.68. The van der Waals surface area contributed by atoms with Crippen molar-refractivity contribution in [2.24, 2.45) is 0 Å². The highest BCUT2D eigenvalue weighted by atomic mass is 19.4. The van der Waals surface area contributed by atoms with Gasteiger partial charge in [-0.1, -0.05) is 35.4 Å². The lowest BCUT2D eigenvalue weighted by Gasteiger charge is -2.16. The number of benzene rings is 6. The summed E-state index contributed by atoms with van der Waals surface area (Å²) in [5.41, 5.74) is 3.31. The molecule has 0 fully saturated rings. The van der Waals surface area contributed by atoms with Crippen molar-refractivity contribution in [1.29, 1.82) is 0 Å². The third-order valence-corrected chi connectivity index (χ3v) is 9.68. The van der Waals surface area contributed by atoms with Gasteiger partial charge in [0.1, 0.15) is 11.6 Å². The van der Waals surface area contributed by atoms with Crippen molar-refractivity contribution >= 4 is 43.6 Å². The molecule has 8 aromatic rings. The van der Waals surface area contributed by atoms with Crippen LogP contribution in [0.25, 0.3) is 55.0 Å². The lowest BCUT2D eigenvalue weighted by atomic mass is 10.0. The maximum atomic E-state index is 14.4. The van der Waals surface area contributed by atoms with Crippen LogP contribution in [-0.2, 0) is 25.2 Å². The summed E-state index contributed by atoms with van der Waals surface area (Å²) in [6.45, 7) is 3.79. The van der Waals surface area contributed by atoms with Crippen molar-refractivity contribution in [1.82, 2.24) is 9.13 Å². The molecule has 0 radical (unpaired) electrons. The average molecular weight is 713 g/mol. The summed E-state index contributed by atoms with van der Waals surface area (Å²) < 4.78 is 116. The van der Waals surface area contributed by atoms with Crippen molar-refractivity contribution in [3.63, 3.8) is 0 Å². The monoisotopic (exact) mass is 712 g/mol. The molecule has 8 rings (SSSR count). The van der Waals surface area contributed by atoms with Gasteiger partial charge >= 0.3 is 12.4 Å². The number of fused-ring (bicyclic) bond motifs is 6. The number of alkyl halides is 6. The molecule has 0 amide bonds. The summed E-state index contributed by atoms with van der Waals surface area (Å²) in [4.78, 5) is 0. The van der Waals surface area contributed by atoms with Crippen LogP contribution >= 0.6 is 0 Å². The predicted molar refractivity (Wildman–Crippen MR) is 188 cm³/mol. The first kappa shape index (κ1) is 33.5. The Labute approximate surface area is 292 Å². The summed E-state index contributed by atoms with van der Waals surface area (Å²) in [5.74, 6) is -1.76. The topological polar surface area (TPSA) is 9.86 Å². The number of aryl methyl sites for hydroxylation is 4. The van der Waals surface area contributed by atoms with Crippen molar-refractivity contribution in [2.45, 2.75) is 39.0 Å². The van der Waals surface area contributed by atoms with E-state index in [1.807, 2.05) is 56.3 Å². The van der Waals surface area contributed by atoms with Gasteiger partial charge in [-0.3, -0.25) is 0 Å². The molecule has 2 aromatic heterocycles. The summed E-state index contributed by atoms with van der Waals surface area (Å²) >= 11 is 0. The number of hydrogen-bond donors (Lipinski definition) is 0. The molecule has 0 N–H and O–H groups in total. The molecule has 2 nitrogen and oxygen atoms in total. The zero-order valence-electron chi connectivity index (χ0n) is 27.7. The number of nitrogens with zero attached hydrogens (tertiary/aromatic N) is 2. The van der Waals surface area contributed by atoms with E-state index in [9.17, 15) is 35.1 Å². The van der Waals surface area contributed by atoms with Gasteiger partial charge in [0.25, 0.3) is 0 Å². The smallest absolute Gasteiger partial charge is 0.309 e. The molecular weight excluding hydrogens is 684 g/mol. The molecule has 0 saturated carbocycles. The van der Waals surface area contributed by atoms with Crippen LogP contribution in [0.1, 0.15) is 33.4 Å². The van der Waals surface area contributed by atoms with E-state index in [2.05, 4.69) is 0 Å². The Bertz CT molecular complexity index is 2710. The number of aromatic nitrogens is 2. The van der Waals surface area contributed by atoms with Gasteiger partial charge in [-0.25, -0.2) is 8.78 Å². The van der Waals surface area contributed by atoms with Crippen molar-refractivity contribution in [3.8, 4) is 11.4 Å². The third kappa shape index (κ3) is 5.66. The first-order valence-corrected chi connectivity index (χ1v) is 16.5. The average Bonchev–Trinajstić information content (AvgIpc) is 3.57. The summed E-state index contributed by atoms with van der Waals surface area (Å²) in [5, 5.41) is 2.97. The summed E-state index contributed by atoms with van der Waals surface area (Å²) in [6.07, 6.45) is -8.37. The van der Waals surface area contributed by atoms with Gasteiger partial charge in [0.2, 0.25) is 0 Å². The minimum Gasteiger partial charge on any atom is -0.309 e. The van der Waals surface area contributed by atoms with Crippen LogP contribution in [-0.4, -0.2) is 9.13 Å². The molecule has 0 bridgehead atoms. The van der Waals surface area contributed by atoms with E-state index in [-0.39, 0.29) is 11.4 Å². The van der Waals surface area contributed by atoms with Crippen LogP contribution in [0, 0.1) is 25.5 Å². The van der Waals surface area contributed by atoms with Gasteiger partial charge in [-0.15, -0.1) is 0 Å². The highest BCUT2D eigenvalue weighted by Crippen LogP contribution is 2.41. The Morgan fingerprint density at radius 3 is 1.35 bits per heavy atom. The normalized spacial score (nSPS) is 12.6. The Morgan fingerprint density at radius 2 is 0.846 bits per heavy atom. The van der Waals surface area contributed by atoms with Gasteiger partial charge in [0.15, 0.2) is 0 Å². The fourth-order valence-corrected chi connectivity index (χ4v) is 7.35. The molecule has 0 aliphatic heterocycles. The van der Waals surface area contributed by atoms with Crippen molar-refractivity contribution in [3.05, 3.63) is 154 Å². The number of hydrogen-bond acceptors (Lipinski definition) is 0. The second-order valence-corrected chi connectivity index (χ2v) is 13.2. The van der Waals surface area contributed by atoms with Crippen molar-refractivity contribution in [2.75, 3.05) is 0 Å². The lowest BCUT2D eigenvalue weighted by molar-refractivity contribution is -0.138. The van der Waals surface area contributed by atoms with Gasteiger partial charge in [0.05, 0.1) is 44.6 Å². The zero-order chi connectivity index (χ0) is 36.7. The van der Waals surface area contributed by atoms with E-state index >= 15 is 0 Å². The Hall–Kier alpha value is -5.64. The van der Waals surface area contributed by atoms with Gasteiger partial charge in [-0.05, 0) is 123 Å². The minimum atomic E-state index is -4.78. The lowest BCUT2D eigenvalue weighted by Crippen LogP contribution is -2.11. The van der Waals surface area contributed by atoms with E-state index < -0.39 is 35.1 Å². The first-order chi connectivity index (χ1) is 24.7. The quantitative estimate of drug-likeness (QED) is 0.157. The van der Waals surface area contributed by atoms with Gasteiger partial charge in [-0.2, -0.15) is 26.3 Å². The Kier molecular flexibility index (Phi) is 7.71.